The Balaban J connectivity index is 1.65. The number of hydrazone groups is 1. The van der Waals surface area contributed by atoms with Crippen LogP contribution in [0, 0.1) is 0 Å². The Morgan fingerprint density at radius 1 is 1.44 bits per heavy atom. The van der Waals surface area contributed by atoms with Crippen molar-refractivity contribution in [3.63, 3.8) is 0 Å². The summed E-state index contributed by atoms with van der Waals surface area (Å²) in [7, 11) is 1.66. The Kier molecular flexibility index (Phi) is 5.76. The first kappa shape index (κ1) is 17.1. The van der Waals surface area contributed by atoms with E-state index in [0.717, 1.165) is 49.7 Å². The molecular formula is C17H21N5O3. The number of morpholine rings is 1. The molecule has 2 N–H and O–H groups in total. The second-order valence-electron chi connectivity index (χ2n) is 5.63. The number of hydrogen-bond acceptors (Lipinski definition) is 6. The third-order valence-electron chi connectivity index (χ3n) is 3.93. The molecule has 8 nitrogen and oxygen atoms in total. The van der Waals surface area contributed by atoms with E-state index in [-0.39, 0.29) is 5.91 Å². The van der Waals surface area contributed by atoms with Gasteiger partial charge in [0.05, 0.1) is 26.5 Å². The molecule has 132 valence electrons. The minimum atomic E-state index is -0.337. The van der Waals surface area contributed by atoms with Gasteiger partial charge in [-0.1, -0.05) is 0 Å². The highest BCUT2D eigenvalue weighted by Crippen LogP contribution is 2.21. The number of rotatable bonds is 6. The number of benzene rings is 1. The molecule has 0 aliphatic carbocycles. The predicted octanol–water partition coefficient (Wildman–Crippen LogP) is 1.01. The fourth-order valence-electron chi connectivity index (χ4n) is 2.61. The summed E-state index contributed by atoms with van der Waals surface area (Å²) in [5.74, 6) is 0.501. The van der Waals surface area contributed by atoms with E-state index < -0.39 is 0 Å². The highest BCUT2D eigenvalue weighted by molar-refractivity contribution is 5.93. The number of carbonyl (C=O) groups excluding carboxylic acids is 1. The summed E-state index contributed by atoms with van der Waals surface area (Å²) in [5, 5.41) is 10.3. The van der Waals surface area contributed by atoms with Gasteiger partial charge in [0.1, 0.15) is 11.4 Å². The molecular weight excluding hydrogens is 322 g/mol. The zero-order chi connectivity index (χ0) is 17.5. The fraction of sp³-hybridized carbons (Fsp3) is 0.353. The van der Waals surface area contributed by atoms with Gasteiger partial charge in [0.15, 0.2) is 0 Å². The maximum absolute atomic E-state index is 11.8. The van der Waals surface area contributed by atoms with Crippen molar-refractivity contribution in [2.24, 2.45) is 5.10 Å². The van der Waals surface area contributed by atoms with Crippen LogP contribution in [0.25, 0.3) is 0 Å². The Morgan fingerprint density at radius 2 is 2.28 bits per heavy atom. The van der Waals surface area contributed by atoms with Gasteiger partial charge in [-0.3, -0.25) is 14.8 Å². The van der Waals surface area contributed by atoms with Crippen LogP contribution in [0.15, 0.2) is 35.6 Å². The lowest BCUT2D eigenvalue weighted by Gasteiger charge is -2.27. The minimum absolute atomic E-state index is 0.337. The number of methoxy groups -OCH3 is 1. The van der Waals surface area contributed by atoms with Crippen molar-refractivity contribution < 1.29 is 14.3 Å². The molecule has 25 heavy (non-hydrogen) atoms. The molecule has 1 aromatic carbocycles. The molecule has 0 bridgehead atoms. The normalized spacial score (nSPS) is 15.4. The molecule has 1 saturated heterocycles. The fourth-order valence-corrected chi connectivity index (χ4v) is 2.61. The van der Waals surface area contributed by atoms with Crippen molar-refractivity contribution in [2.75, 3.05) is 33.4 Å². The first-order chi connectivity index (χ1) is 12.3. The monoisotopic (exact) mass is 343 g/mol. The Labute approximate surface area is 145 Å². The van der Waals surface area contributed by atoms with E-state index in [4.69, 9.17) is 9.47 Å². The van der Waals surface area contributed by atoms with Gasteiger partial charge in [0.2, 0.25) is 0 Å². The molecule has 0 spiro atoms. The Morgan fingerprint density at radius 3 is 3.00 bits per heavy atom. The third kappa shape index (κ3) is 4.65. The summed E-state index contributed by atoms with van der Waals surface area (Å²) in [6, 6.07) is 7.40. The number of carbonyl (C=O) groups is 1. The Bertz CT molecular complexity index is 724. The predicted molar refractivity (Wildman–Crippen MR) is 92.7 cm³/mol. The van der Waals surface area contributed by atoms with E-state index in [9.17, 15) is 4.79 Å². The molecule has 0 unspecified atom stereocenters. The molecule has 8 heteroatoms. The van der Waals surface area contributed by atoms with E-state index >= 15 is 0 Å². The number of nitrogens with one attached hydrogen (secondary N) is 2. The van der Waals surface area contributed by atoms with Crippen LogP contribution in [0.3, 0.4) is 0 Å². The second-order valence-corrected chi connectivity index (χ2v) is 5.63. The summed E-state index contributed by atoms with van der Waals surface area (Å²) in [6.07, 6.45) is 3.12. The number of nitrogens with zero attached hydrogens (tertiary/aromatic N) is 3. The molecule has 2 aromatic rings. The molecule has 0 radical (unpaired) electrons. The third-order valence-corrected chi connectivity index (χ3v) is 3.93. The van der Waals surface area contributed by atoms with Gasteiger partial charge in [0, 0.05) is 31.4 Å². The van der Waals surface area contributed by atoms with Gasteiger partial charge in [-0.05, 0) is 29.8 Å². The van der Waals surface area contributed by atoms with E-state index in [2.05, 4.69) is 25.6 Å². The van der Waals surface area contributed by atoms with Crippen molar-refractivity contribution in [3.05, 3.63) is 47.3 Å². The van der Waals surface area contributed by atoms with Gasteiger partial charge < -0.3 is 9.47 Å². The summed E-state index contributed by atoms with van der Waals surface area (Å²) in [6.45, 7) is 4.10. The van der Waals surface area contributed by atoms with Gasteiger partial charge in [-0.15, -0.1) is 0 Å². The van der Waals surface area contributed by atoms with Crippen LogP contribution in [0.2, 0.25) is 0 Å². The largest absolute Gasteiger partial charge is 0.496 e. The zero-order valence-corrected chi connectivity index (χ0v) is 14.1. The Hall–Kier alpha value is -2.71. The molecule has 2 heterocycles. The quantitative estimate of drug-likeness (QED) is 0.603. The molecule has 1 fully saturated rings. The average Bonchev–Trinajstić information content (AvgIpc) is 3.18. The maximum atomic E-state index is 11.8. The highest BCUT2D eigenvalue weighted by Gasteiger charge is 2.13. The van der Waals surface area contributed by atoms with Crippen molar-refractivity contribution in [1.29, 1.82) is 0 Å². The lowest BCUT2D eigenvalue weighted by atomic mass is 10.1. The van der Waals surface area contributed by atoms with Crippen LogP contribution >= 0.6 is 0 Å². The number of H-pyrrole nitrogens is 1. The molecule has 1 amide bonds. The summed E-state index contributed by atoms with van der Waals surface area (Å²) < 4.78 is 10.8. The SMILES string of the molecule is COc1ccc(/C=N/NC(=O)c2ccn[nH]2)cc1CN1CCOCC1. The molecule has 1 aromatic heterocycles. The number of aromatic nitrogens is 2. The number of hydrogen-bond donors (Lipinski definition) is 2. The second kappa shape index (κ2) is 8.41. The lowest BCUT2D eigenvalue weighted by molar-refractivity contribution is 0.0339. The highest BCUT2D eigenvalue weighted by atomic mass is 16.5. The van der Waals surface area contributed by atoms with Crippen LogP contribution in [0.1, 0.15) is 21.6 Å². The average molecular weight is 343 g/mol. The van der Waals surface area contributed by atoms with Crippen LogP contribution in [-0.2, 0) is 11.3 Å². The summed E-state index contributed by atoms with van der Waals surface area (Å²) >= 11 is 0. The van der Waals surface area contributed by atoms with Gasteiger partial charge >= 0.3 is 0 Å². The van der Waals surface area contributed by atoms with E-state index in [1.165, 1.54) is 6.20 Å². The van der Waals surface area contributed by atoms with Crippen LogP contribution in [0.4, 0.5) is 0 Å². The zero-order valence-electron chi connectivity index (χ0n) is 14.1. The number of aromatic amines is 1. The van der Waals surface area contributed by atoms with Crippen molar-refractivity contribution in [2.45, 2.75) is 6.54 Å². The summed E-state index contributed by atoms with van der Waals surface area (Å²) in [4.78, 5) is 14.1. The van der Waals surface area contributed by atoms with Gasteiger partial charge in [-0.25, -0.2) is 5.43 Å². The van der Waals surface area contributed by atoms with Crippen LogP contribution in [0.5, 0.6) is 5.75 Å². The van der Waals surface area contributed by atoms with Crippen molar-refractivity contribution >= 4 is 12.1 Å². The first-order valence-electron chi connectivity index (χ1n) is 8.06. The topological polar surface area (TPSA) is 91.8 Å². The number of ether oxygens (including phenoxy) is 2. The lowest BCUT2D eigenvalue weighted by Crippen LogP contribution is -2.35. The summed E-state index contributed by atoms with van der Waals surface area (Å²) in [5.41, 5.74) is 4.79. The van der Waals surface area contributed by atoms with Gasteiger partial charge in [-0.2, -0.15) is 10.2 Å². The van der Waals surface area contributed by atoms with Gasteiger partial charge in [0.25, 0.3) is 5.91 Å². The standard InChI is InChI=1S/C17H21N5O3/c1-24-16-3-2-13(10-14(16)12-22-6-8-25-9-7-22)11-19-21-17(23)15-4-5-18-20-15/h2-5,10-11H,6-9,12H2,1H3,(H,18,20)(H,21,23)/b19-11+. The molecule has 1 aliphatic heterocycles. The molecule has 1 aliphatic rings. The van der Waals surface area contributed by atoms with Crippen molar-refractivity contribution in [3.8, 4) is 5.75 Å². The molecule has 0 atom stereocenters. The van der Waals surface area contributed by atoms with E-state index in [1.54, 1.807) is 19.4 Å². The van der Waals surface area contributed by atoms with Crippen LogP contribution in [-0.4, -0.2) is 60.6 Å². The number of amides is 1. The molecule has 0 saturated carbocycles. The maximum Gasteiger partial charge on any atom is 0.289 e. The molecule has 3 rings (SSSR count). The van der Waals surface area contributed by atoms with E-state index in [0.29, 0.717) is 5.69 Å². The minimum Gasteiger partial charge on any atom is -0.496 e. The van der Waals surface area contributed by atoms with E-state index in [1.807, 2.05) is 18.2 Å². The first-order valence-corrected chi connectivity index (χ1v) is 8.06. The van der Waals surface area contributed by atoms with Crippen LogP contribution < -0.4 is 10.2 Å². The van der Waals surface area contributed by atoms with Crippen molar-refractivity contribution in [1.82, 2.24) is 20.5 Å². The smallest absolute Gasteiger partial charge is 0.289 e.